The molecule has 0 aliphatic heterocycles. The van der Waals surface area contributed by atoms with Crippen molar-refractivity contribution >= 4 is 0 Å². The van der Waals surface area contributed by atoms with Gasteiger partial charge in [0.15, 0.2) is 0 Å². The Labute approximate surface area is 89.0 Å². The minimum absolute atomic E-state index is 0.608. The van der Waals surface area contributed by atoms with Crippen LogP contribution in [0.2, 0.25) is 0 Å². The van der Waals surface area contributed by atoms with E-state index in [9.17, 15) is 0 Å². The molecule has 0 atom stereocenters. The van der Waals surface area contributed by atoms with Crippen molar-refractivity contribution < 1.29 is 0 Å². The van der Waals surface area contributed by atoms with Crippen LogP contribution in [0.1, 0.15) is 46.0 Å². The second kappa shape index (κ2) is 5.55. The van der Waals surface area contributed by atoms with Crippen LogP contribution in [-0.2, 0) is 0 Å². The zero-order chi connectivity index (χ0) is 10.4. The molecule has 1 nitrogen and oxygen atoms in total. The molecular weight excluding hydrogens is 170 g/mol. The van der Waals surface area contributed by atoms with Crippen molar-refractivity contribution in [3.63, 3.8) is 0 Å². The van der Waals surface area contributed by atoms with Crippen LogP contribution in [0.15, 0.2) is 12.7 Å². The van der Waals surface area contributed by atoms with Crippen molar-refractivity contribution in [2.75, 3.05) is 13.1 Å². The second-order valence-electron chi connectivity index (χ2n) is 5.22. The van der Waals surface area contributed by atoms with Crippen LogP contribution < -0.4 is 5.32 Å². The zero-order valence-electron chi connectivity index (χ0n) is 9.81. The van der Waals surface area contributed by atoms with E-state index in [0.29, 0.717) is 5.41 Å². The van der Waals surface area contributed by atoms with Gasteiger partial charge >= 0.3 is 0 Å². The lowest BCUT2D eigenvalue weighted by molar-refractivity contribution is 0.227. The van der Waals surface area contributed by atoms with E-state index in [-0.39, 0.29) is 0 Å². The molecule has 0 bridgehead atoms. The first-order valence-corrected chi connectivity index (χ1v) is 6.00. The van der Waals surface area contributed by atoms with Gasteiger partial charge in [-0.3, -0.25) is 0 Å². The van der Waals surface area contributed by atoms with Gasteiger partial charge in [0.05, 0.1) is 0 Å². The average Bonchev–Trinajstić information content (AvgIpc) is 2.53. The maximum absolute atomic E-state index is 3.75. The fraction of sp³-hybridized carbons (Fsp3) is 0.846. The van der Waals surface area contributed by atoms with Crippen LogP contribution in [0, 0.1) is 11.3 Å². The van der Waals surface area contributed by atoms with Crippen molar-refractivity contribution in [3.8, 4) is 0 Å². The fourth-order valence-electron chi connectivity index (χ4n) is 2.88. The minimum atomic E-state index is 0.608. The maximum atomic E-state index is 3.75. The highest BCUT2D eigenvalue weighted by Crippen LogP contribution is 2.42. The van der Waals surface area contributed by atoms with E-state index in [4.69, 9.17) is 0 Å². The number of rotatable bonds is 6. The fourth-order valence-corrected chi connectivity index (χ4v) is 2.88. The molecule has 1 N–H and O–H groups in total. The van der Waals surface area contributed by atoms with Crippen LogP contribution in [0.3, 0.4) is 0 Å². The second-order valence-corrected chi connectivity index (χ2v) is 5.22. The van der Waals surface area contributed by atoms with Gasteiger partial charge in [-0.05, 0) is 30.6 Å². The van der Waals surface area contributed by atoms with E-state index in [1.165, 1.54) is 38.6 Å². The van der Waals surface area contributed by atoms with Crippen LogP contribution >= 0.6 is 0 Å². The molecule has 1 heteroatoms. The Morgan fingerprint density at radius 1 is 1.36 bits per heavy atom. The van der Waals surface area contributed by atoms with Crippen molar-refractivity contribution in [3.05, 3.63) is 12.7 Å². The van der Waals surface area contributed by atoms with Gasteiger partial charge in [0, 0.05) is 13.1 Å². The van der Waals surface area contributed by atoms with E-state index in [2.05, 4.69) is 25.7 Å². The van der Waals surface area contributed by atoms with Crippen molar-refractivity contribution in [1.29, 1.82) is 0 Å². The Morgan fingerprint density at radius 2 is 2.00 bits per heavy atom. The van der Waals surface area contributed by atoms with Gasteiger partial charge < -0.3 is 5.32 Å². The average molecular weight is 195 g/mol. The van der Waals surface area contributed by atoms with Gasteiger partial charge in [-0.1, -0.05) is 32.8 Å². The summed E-state index contributed by atoms with van der Waals surface area (Å²) in [5, 5.41) is 3.51. The molecule has 1 fully saturated rings. The first-order chi connectivity index (χ1) is 6.68. The predicted molar refractivity (Wildman–Crippen MR) is 63.4 cm³/mol. The summed E-state index contributed by atoms with van der Waals surface area (Å²) in [6.45, 7) is 10.6. The standard InChI is InChI=1S/C13H25N/c1-4-9-14-11-13(10-12(2)3)7-5-6-8-13/h4,12,14H,1,5-11H2,2-3H3. The summed E-state index contributed by atoms with van der Waals surface area (Å²) in [5.74, 6) is 0.832. The highest BCUT2D eigenvalue weighted by molar-refractivity contribution is 4.88. The van der Waals surface area contributed by atoms with Crippen molar-refractivity contribution in [1.82, 2.24) is 5.32 Å². The summed E-state index contributed by atoms with van der Waals surface area (Å²) in [5.41, 5.74) is 0.608. The van der Waals surface area contributed by atoms with Gasteiger partial charge in [-0.15, -0.1) is 6.58 Å². The Bertz CT molecular complexity index is 166. The first kappa shape index (κ1) is 11.8. The molecule has 1 rings (SSSR count). The summed E-state index contributed by atoms with van der Waals surface area (Å²) in [6.07, 6.45) is 9.06. The molecule has 0 heterocycles. The molecule has 0 unspecified atom stereocenters. The molecular formula is C13H25N. The molecule has 0 saturated heterocycles. The number of hydrogen-bond donors (Lipinski definition) is 1. The molecule has 0 aromatic heterocycles. The van der Waals surface area contributed by atoms with Crippen LogP contribution in [-0.4, -0.2) is 13.1 Å². The minimum Gasteiger partial charge on any atom is -0.313 e. The highest BCUT2D eigenvalue weighted by Gasteiger charge is 2.33. The van der Waals surface area contributed by atoms with Crippen molar-refractivity contribution in [2.24, 2.45) is 11.3 Å². The molecule has 1 aliphatic rings. The molecule has 0 radical (unpaired) electrons. The smallest absolute Gasteiger partial charge is 0.0132 e. The summed E-state index contributed by atoms with van der Waals surface area (Å²) in [4.78, 5) is 0. The van der Waals surface area contributed by atoms with E-state index >= 15 is 0 Å². The SMILES string of the molecule is C=CCNCC1(CC(C)C)CCCC1. The van der Waals surface area contributed by atoms with Gasteiger partial charge in [0.1, 0.15) is 0 Å². The van der Waals surface area contributed by atoms with Crippen molar-refractivity contribution in [2.45, 2.75) is 46.0 Å². The van der Waals surface area contributed by atoms with Gasteiger partial charge in [0.2, 0.25) is 0 Å². The Morgan fingerprint density at radius 3 is 2.50 bits per heavy atom. The van der Waals surface area contributed by atoms with Gasteiger partial charge in [-0.25, -0.2) is 0 Å². The lowest BCUT2D eigenvalue weighted by Crippen LogP contribution is -2.33. The Hall–Kier alpha value is -0.300. The van der Waals surface area contributed by atoms with Crippen LogP contribution in [0.4, 0.5) is 0 Å². The quantitative estimate of drug-likeness (QED) is 0.506. The molecule has 0 aromatic rings. The molecule has 1 aliphatic carbocycles. The summed E-state index contributed by atoms with van der Waals surface area (Å²) >= 11 is 0. The third kappa shape index (κ3) is 3.45. The molecule has 82 valence electrons. The van der Waals surface area contributed by atoms with E-state index in [1.807, 2.05) is 6.08 Å². The number of nitrogens with one attached hydrogen (secondary N) is 1. The van der Waals surface area contributed by atoms with E-state index in [0.717, 1.165) is 12.5 Å². The summed E-state index contributed by atoms with van der Waals surface area (Å²) in [7, 11) is 0. The third-order valence-electron chi connectivity index (χ3n) is 3.29. The largest absolute Gasteiger partial charge is 0.313 e. The predicted octanol–water partition coefficient (Wildman–Crippen LogP) is 3.37. The third-order valence-corrected chi connectivity index (χ3v) is 3.29. The van der Waals surface area contributed by atoms with Crippen LogP contribution in [0.5, 0.6) is 0 Å². The monoisotopic (exact) mass is 195 g/mol. The molecule has 0 spiro atoms. The highest BCUT2D eigenvalue weighted by atomic mass is 14.9. The van der Waals surface area contributed by atoms with Gasteiger partial charge in [0.25, 0.3) is 0 Å². The summed E-state index contributed by atoms with van der Waals surface area (Å²) in [6, 6.07) is 0. The molecule has 14 heavy (non-hydrogen) atoms. The first-order valence-electron chi connectivity index (χ1n) is 6.00. The Balaban J connectivity index is 2.40. The molecule has 0 amide bonds. The van der Waals surface area contributed by atoms with Crippen LogP contribution in [0.25, 0.3) is 0 Å². The lowest BCUT2D eigenvalue weighted by atomic mass is 9.78. The molecule has 0 aromatic carbocycles. The molecule has 1 saturated carbocycles. The van der Waals surface area contributed by atoms with E-state index < -0.39 is 0 Å². The summed E-state index contributed by atoms with van der Waals surface area (Å²) < 4.78 is 0. The maximum Gasteiger partial charge on any atom is 0.0132 e. The van der Waals surface area contributed by atoms with E-state index in [1.54, 1.807) is 0 Å². The van der Waals surface area contributed by atoms with Gasteiger partial charge in [-0.2, -0.15) is 0 Å². The zero-order valence-corrected chi connectivity index (χ0v) is 9.81. The normalized spacial score (nSPS) is 20.2. The topological polar surface area (TPSA) is 12.0 Å². The Kier molecular flexibility index (Phi) is 4.67. The number of hydrogen-bond acceptors (Lipinski definition) is 1. The lowest BCUT2D eigenvalue weighted by Gasteiger charge is -2.31.